The number of hydrogen-bond acceptors (Lipinski definition) is 6. The molecule has 2 aliphatic carbocycles. The van der Waals surface area contributed by atoms with E-state index in [-0.39, 0.29) is 36.4 Å². The van der Waals surface area contributed by atoms with Crippen LogP contribution in [0.4, 0.5) is 0 Å². The van der Waals surface area contributed by atoms with Crippen molar-refractivity contribution in [3.8, 4) is 5.75 Å². The number of aliphatic hydroxyl groups is 2. The van der Waals surface area contributed by atoms with Crippen molar-refractivity contribution in [3.63, 3.8) is 0 Å². The summed E-state index contributed by atoms with van der Waals surface area (Å²) < 4.78 is 11.7. The first-order valence-corrected chi connectivity index (χ1v) is 12.6. The predicted molar refractivity (Wildman–Crippen MR) is 134 cm³/mol. The molecule has 186 valence electrons. The molecule has 2 heterocycles. The lowest BCUT2D eigenvalue weighted by Crippen LogP contribution is -2.57. The molecule has 6 heteroatoms. The van der Waals surface area contributed by atoms with Gasteiger partial charge in [0, 0.05) is 17.0 Å². The van der Waals surface area contributed by atoms with Gasteiger partial charge in [-0.25, -0.2) is 4.79 Å². The monoisotopic (exact) mass is 477 g/mol. The van der Waals surface area contributed by atoms with Gasteiger partial charge in [0.15, 0.2) is 6.10 Å². The van der Waals surface area contributed by atoms with Crippen LogP contribution in [0.25, 0.3) is 10.9 Å². The topological polar surface area (TPSA) is 88.9 Å². The molecule has 5 rings (SSSR count). The Labute approximate surface area is 206 Å². The van der Waals surface area contributed by atoms with Crippen molar-refractivity contribution >= 4 is 16.9 Å². The van der Waals surface area contributed by atoms with Crippen LogP contribution in [0.15, 0.2) is 60.3 Å². The van der Waals surface area contributed by atoms with Gasteiger partial charge in [-0.3, -0.25) is 4.98 Å². The number of para-hydroxylation sites is 1. The van der Waals surface area contributed by atoms with Crippen LogP contribution < -0.4 is 4.74 Å². The van der Waals surface area contributed by atoms with Crippen molar-refractivity contribution in [2.45, 2.75) is 58.2 Å². The number of fused-ring (bicyclic) bond motifs is 2. The van der Waals surface area contributed by atoms with E-state index in [2.05, 4.69) is 18.5 Å². The first-order valence-electron chi connectivity index (χ1n) is 12.6. The van der Waals surface area contributed by atoms with Crippen molar-refractivity contribution in [2.24, 2.45) is 22.7 Å². The molecule has 0 amide bonds. The number of hydrogen-bond donors (Lipinski definition) is 2. The summed E-state index contributed by atoms with van der Waals surface area (Å²) >= 11 is 0. The van der Waals surface area contributed by atoms with Crippen LogP contribution in [0.1, 0.15) is 46.0 Å². The number of pyridine rings is 1. The summed E-state index contributed by atoms with van der Waals surface area (Å²) in [5.41, 5.74) is 1.84. The molecular weight excluding hydrogens is 442 g/mol. The number of benzene rings is 1. The van der Waals surface area contributed by atoms with Crippen molar-refractivity contribution in [1.82, 2.24) is 4.98 Å². The third-order valence-electron chi connectivity index (χ3n) is 9.08. The molecule has 6 nitrogen and oxygen atoms in total. The largest absolute Gasteiger partial charge is 0.480 e. The highest BCUT2D eigenvalue weighted by Crippen LogP contribution is 2.61. The number of aliphatic hydroxyl groups excluding tert-OH is 2. The first kappa shape index (κ1) is 24.0. The summed E-state index contributed by atoms with van der Waals surface area (Å²) in [7, 11) is 0. The van der Waals surface area contributed by atoms with Crippen LogP contribution in [0.5, 0.6) is 5.75 Å². The Morgan fingerprint density at radius 1 is 1.26 bits per heavy atom. The van der Waals surface area contributed by atoms with E-state index in [9.17, 15) is 15.0 Å². The molecule has 1 aromatic heterocycles. The predicted octanol–water partition coefficient (Wildman–Crippen LogP) is 4.60. The molecule has 6 atom stereocenters. The average molecular weight is 478 g/mol. The van der Waals surface area contributed by atoms with Gasteiger partial charge in [0.1, 0.15) is 17.9 Å². The normalized spacial score (nSPS) is 36.3. The van der Waals surface area contributed by atoms with Gasteiger partial charge in [-0.05, 0) is 61.5 Å². The summed E-state index contributed by atoms with van der Waals surface area (Å²) in [6.45, 7) is 8.83. The number of ether oxygens (including phenoxy) is 2. The van der Waals surface area contributed by atoms with Gasteiger partial charge < -0.3 is 19.7 Å². The second kappa shape index (κ2) is 9.07. The molecule has 2 aromatic rings. The quantitative estimate of drug-likeness (QED) is 0.372. The van der Waals surface area contributed by atoms with E-state index in [4.69, 9.17) is 9.47 Å². The fourth-order valence-electron chi connectivity index (χ4n) is 6.97. The summed E-state index contributed by atoms with van der Waals surface area (Å²) in [6.07, 6.45) is 6.67. The van der Waals surface area contributed by atoms with E-state index in [1.165, 1.54) is 5.57 Å². The maximum atomic E-state index is 12.7. The number of nitrogens with zero attached hydrogens (tertiary/aromatic N) is 1. The van der Waals surface area contributed by atoms with Crippen LogP contribution in [0, 0.1) is 22.7 Å². The van der Waals surface area contributed by atoms with E-state index in [1.54, 1.807) is 6.20 Å². The second-order valence-electron chi connectivity index (χ2n) is 11.0. The number of aromatic nitrogens is 1. The molecule has 1 saturated heterocycles. The van der Waals surface area contributed by atoms with E-state index < -0.39 is 17.6 Å². The minimum absolute atomic E-state index is 0.0317. The average Bonchev–Trinajstić information content (AvgIpc) is 3.20. The Hall–Kier alpha value is -2.70. The Balaban J connectivity index is 1.41. The first-order chi connectivity index (χ1) is 16.8. The smallest absolute Gasteiger partial charge is 0.337 e. The van der Waals surface area contributed by atoms with Gasteiger partial charge in [-0.2, -0.15) is 0 Å². The third-order valence-corrected chi connectivity index (χ3v) is 9.08. The molecule has 1 aromatic carbocycles. The lowest BCUT2D eigenvalue weighted by molar-refractivity contribution is -0.151. The maximum Gasteiger partial charge on any atom is 0.337 e. The van der Waals surface area contributed by atoms with Gasteiger partial charge in [0.2, 0.25) is 0 Å². The lowest BCUT2D eigenvalue weighted by Gasteiger charge is -2.59. The highest BCUT2D eigenvalue weighted by atomic mass is 16.6. The Kier molecular flexibility index (Phi) is 6.22. The number of carbonyl (C=O) groups is 1. The van der Waals surface area contributed by atoms with Crippen LogP contribution >= 0.6 is 0 Å². The Morgan fingerprint density at radius 3 is 2.86 bits per heavy atom. The van der Waals surface area contributed by atoms with Gasteiger partial charge in [-0.1, -0.05) is 50.3 Å². The van der Waals surface area contributed by atoms with Crippen LogP contribution in [-0.4, -0.2) is 46.6 Å². The van der Waals surface area contributed by atoms with E-state index in [0.717, 1.165) is 30.2 Å². The highest BCUT2D eigenvalue weighted by molar-refractivity contribution is 5.92. The SMILES string of the molecule is C=C1CCC2[C@](C)(CO)[C@H](O)CC[C@@]2(C)[C@@H]1C/C=C1/C(=O)OC[C@@H]1Oc1cccc2cccnc12. The van der Waals surface area contributed by atoms with Crippen LogP contribution in [-0.2, 0) is 9.53 Å². The Morgan fingerprint density at radius 2 is 2.06 bits per heavy atom. The summed E-state index contributed by atoms with van der Waals surface area (Å²) in [6, 6.07) is 9.64. The third kappa shape index (κ3) is 3.97. The van der Waals surface area contributed by atoms with Gasteiger partial charge in [0.25, 0.3) is 0 Å². The molecular formula is C29H35NO5. The standard InChI is InChI=1S/C29H35NO5/c1-18-9-12-24-28(2,14-13-25(32)29(24,3)17-31)21(18)11-10-20-23(16-34-27(20)33)35-22-8-4-6-19-7-5-15-30-26(19)22/h4-8,10,15,21,23-25,31-32H,1,9,11-14,16-17H2,2-3H3/b20-10+/t21-,23+,24?,25-,28+,29+/m1/s1. The second-order valence-corrected chi connectivity index (χ2v) is 11.0. The maximum absolute atomic E-state index is 12.7. The number of esters is 1. The molecule has 0 radical (unpaired) electrons. The van der Waals surface area contributed by atoms with Gasteiger partial charge in [0.05, 0.1) is 18.3 Å². The molecule has 3 aliphatic rings. The summed E-state index contributed by atoms with van der Waals surface area (Å²) in [5, 5.41) is 22.0. The Bertz CT molecular complexity index is 1170. The van der Waals surface area contributed by atoms with Crippen LogP contribution in [0.3, 0.4) is 0 Å². The molecule has 0 spiro atoms. The van der Waals surface area contributed by atoms with Crippen molar-refractivity contribution in [1.29, 1.82) is 0 Å². The zero-order valence-corrected chi connectivity index (χ0v) is 20.6. The zero-order valence-electron chi connectivity index (χ0n) is 20.6. The minimum Gasteiger partial charge on any atom is -0.480 e. The van der Waals surface area contributed by atoms with E-state index in [0.29, 0.717) is 24.2 Å². The number of rotatable bonds is 5. The lowest BCUT2D eigenvalue weighted by atomic mass is 9.46. The molecule has 0 bridgehead atoms. The molecule has 1 unspecified atom stereocenters. The highest BCUT2D eigenvalue weighted by Gasteiger charge is 2.57. The minimum atomic E-state index is -0.529. The number of allylic oxidation sites excluding steroid dienone is 2. The number of cyclic esters (lactones) is 1. The van der Waals surface area contributed by atoms with Crippen LogP contribution in [0.2, 0.25) is 0 Å². The van der Waals surface area contributed by atoms with E-state index >= 15 is 0 Å². The van der Waals surface area contributed by atoms with Crippen molar-refractivity contribution in [3.05, 3.63) is 60.3 Å². The summed E-state index contributed by atoms with van der Waals surface area (Å²) in [5.74, 6) is 0.624. The molecule has 2 N–H and O–H groups in total. The van der Waals surface area contributed by atoms with E-state index in [1.807, 2.05) is 43.3 Å². The zero-order chi connectivity index (χ0) is 24.8. The fraction of sp³-hybridized carbons (Fsp3) is 0.517. The molecule has 1 aliphatic heterocycles. The molecule has 3 fully saturated rings. The fourth-order valence-corrected chi connectivity index (χ4v) is 6.97. The van der Waals surface area contributed by atoms with Crippen molar-refractivity contribution in [2.75, 3.05) is 13.2 Å². The number of carbonyl (C=O) groups excluding carboxylic acids is 1. The van der Waals surface area contributed by atoms with Gasteiger partial charge >= 0.3 is 5.97 Å². The summed E-state index contributed by atoms with van der Waals surface area (Å²) in [4.78, 5) is 17.1. The van der Waals surface area contributed by atoms with Crippen molar-refractivity contribution < 1.29 is 24.5 Å². The molecule has 35 heavy (non-hydrogen) atoms. The van der Waals surface area contributed by atoms with Gasteiger partial charge in [-0.15, -0.1) is 0 Å². The molecule has 2 saturated carbocycles.